The van der Waals surface area contributed by atoms with Gasteiger partial charge in [0.2, 0.25) is 0 Å². The highest BCUT2D eigenvalue weighted by molar-refractivity contribution is 5.41. The van der Waals surface area contributed by atoms with Gasteiger partial charge in [-0.15, -0.1) is 0 Å². The predicted molar refractivity (Wildman–Crippen MR) is 83.9 cm³/mol. The van der Waals surface area contributed by atoms with Crippen molar-refractivity contribution in [3.63, 3.8) is 0 Å². The van der Waals surface area contributed by atoms with Gasteiger partial charge in [0.15, 0.2) is 0 Å². The minimum atomic E-state index is -1.08. The third kappa shape index (κ3) is 3.56. The lowest BCUT2D eigenvalue weighted by atomic mass is 9.88. The van der Waals surface area contributed by atoms with Crippen LogP contribution in [0.5, 0.6) is 11.5 Å². The van der Waals surface area contributed by atoms with Gasteiger partial charge in [0.25, 0.3) is 0 Å². The van der Waals surface area contributed by atoms with E-state index in [4.69, 9.17) is 9.47 Å². The van der Waals surface area contributed by atoms with Gasteiger partial charge in [-0.05, 0) is 56.2 Å². The molecule has 2 aromatic rings. The third-order valence-corrected chi connectivity index (χ3v) is 3.42. The van der Waals surface area contributed by atoms with Gasteiger partial charge in [0.05, 0.1) is 13.2 Å². The van der Waals surface area contributed by atoms with Gasteiger partial charge in [-0.25, -0.2) is 0 Å². The second kappa shape index (κ2) is 6.19. The fourth-order valence-corrected chi connectivity index (χ4v) is 2.23. The Balaban J connectivity index is 2.33. The molecule has 0 aliphatic heterocycles. The van der Waals surface area contributed by atoms with E-state index in [2.05, 4.69) is 0 Å². The van der Waals surface area contributed by atoms with Crippen molar-refractivity contribution in [1.82, 2.24) is 0 Å². The Kier molecular flexibility index (Phi) is 4.53. The highest BCUT2D eigenvalue weighted by Gasteiger charge is 2.26. The fraction of sp³-hybridized carbons (Fsp3) is 0.333. The van der Waals surface area contributed by atoms with Gasteiger partial charge in [0, 0.05) is 0 Å². The molecule has 0 heterocycles. The maximum atomic E-state index is 10.9. The quantitative estimate of drug-likeness (QED) is 0.910. The van der Waals surface area contributed by atoms with Gasteiger partial charge < -0.3 is 14.6 Å². The highest BCUT2D eigenvalue weighted by Crippen LogP contribution is 2.32. The first-order valence-electron chi connectivity index (χ1n) is 7.07. The Bertz CT molecular complexity index is 586. The van der Waals surface area contributed by atoms with Gasteiger partial charge >= 0.3 is 0 Å². The fourth-order valence-electron chi connectivity index (χ4n) is 2.23. The van der Waals surface area contributed by atoms with Crippen LogP contribution in [0.15, 0.2) is 48.5 Å². The van der Waals surface area contributed by atoms with Crippen LogP contribution in [0.4, 0.5) is 0 Å². The summed E-state index contributed by atoms with van der Waals surface area (Å²) in [5, 5.41) is 10.9. The Morgan fingerprint density at radius 3 is 2.19 bits per heavy atom. The van der Waals surface area contributed by atoms with Crippen LogP contribution < -0.4 is 9.47 Å². The molecule has 2 aromatic carbocycles. The van der Waals surface area contributed by atoms with E-state index in [1.54, 1.807) is 14.0 Å². The van der Waals surface area contributed by atoms with Crippen LogP contribution in [0.2, 0.25) is 0 Å². The molecule has 1 atom stereocenters. The van der Waals surface area contributed by atoms with Gasteiger partial charge in [-0.1, -0.05) is 24.3 Å². The zero-order valence-electron chi connectivity index (χ0n) is 13.0. The summed E-state index contributed by atoms with van der Waals surface area (Å²) in [6.07, 6.45) is 0.103. The smallest absolute Gasteiger partial charge is 0.120 e. The summed E-state index contributed by atoms with van der Waals surface area (Å²) < 4.78 is 10.8. The molecule has 1 N–H and O–H groups in total. The summed E-state index contributed by atoms with van der Waals surface area (Å²) in [5.41, 5.74) is 0.527. The average molecular weight is 286 g/mol. The van der Waals surface area contributed by atoms with Crippen molar-refractivity contribution in [2.45, 2.75) is 32.5 Å². The van der Waals surface area contributed by atoms with E-state index >= 15 is 0 Å². The third-order valence-electron chi connectivity index (χ3n) is 3.42. The standard InChI is InChI=1S/C18H22O3/c1-13(2)21-17-7-5-6-15(12-17)18(3,19)14-8-10-16(20-4)11-9-14/h5-13,19H,1-4H3. The summed E-state index contributed by atoms with van der Waals surface area (Å²) in [6, 6.07) is 15.0. The maximum Gasteiger partial charge on any atom is 0.120 e. The van der Waals surface area contributed by atoms with E-state index in [1.165, 1.54) is 0 Å². The zero-order chi connectivity index (χ0) is 15.5. The monoisotopic (exact) mass is 286 g/mol. The second-order valence-electron chi connectivity index (χ2n) is 5.50. The molecule has 3 heteroatoms. The number of aliphatic hydroxyl groups is 1. The minimum absolute atomic E-state index is 0.103. The Morgan fingerprint density at radius 1 is 0.952 bits per heavy atom. The Hall–Kier alpha value is -2.00. The van der Waals surface area contributed by atoms with Crippen molar-refractivity contribution >= 4 is 0 Å². The van der Waals surface area contributed by atoms with Crippen LogP contribution in [-0.4, -0.2) is 18.3 Å². The summed E-state index contributed by atoms with van der Waals surface area (Å²) in [5.74, 6) is 1.53. The molecule has 3 nitrogen and oxygen atoms in total. The molecule has 21 heavy (non-hydrogen) atoms. The van der Waals surface area contributed by atoms with Gasteiger partial charge in [-0.3, -0.25) is 0 Å². The van der Waals surface area contributed by atoms with E-state index < -0.39 is 5.60 Å². The van der Waals surface area contributed by atoms with Crippen molar-refractivity contribution < 1.29 is 14.6 Å². The largest absolute Gasteiger partial charge is 0.497 e. The minimum Gasteiger partial charge on any atom is -0.497 e. The lowest BCUT2D eigenvalue weighted by Crippen LogP contribution is -2.22. The summed E-state index contributed by atoms with van der Waals surface area (Å²) in [6.45, 7) is 5.74. The summed E-state index contributed by atoms with van der Waals surface area (Å²) in [4.78, 5) is 0. The van der Waals surface area contributed by atoms with Crippen molar-refractivity contribution in [3.8, 4) is 11.5 Å². The van der Waals surface area contributed by atoms with Crippen molar-refractivity contribution in [1.29, 1.82) is 0 Å². The zero-order valence-corrected chi connectivity index (χ0v) is 13.0. The molecule has 0 aromatic heterocycles. The summed E-state index contributed by atoms with van der Waals surface area (Å²) >= 11 is 0. The number of methoxy groups -OCH3 is 1. The van der Waals surface area contributed by atoms with E-state index in [0.29, 0.717) is 0 Å². The SMILES string of the molecule is COc1ccc(C(C)(O)c2cccc(OC(C)C)c2)cc1. The van der Waals surface area contributed by atoms with Crippen molar-refractivity contribution in [2.75, 3.05) is 7.11 Å². The average Bonchev–Trinajstić information content (AvgIpc) is 2.47. The molecular weight excluding hydrogens is 264 g/mol. The van der Waals surface area contributed by atoms with Gasteiger partial charge in [0.1, 0.15) is 17.1 Å². The molecule has 0 fully saturated rings. The topological polar surface area (TPSA) is 38.7 Å². The van der Waals surface area contributed by atoms with Crippen LogP contribution in [-0.2, 0) is 5.60 Å². The lowest BCUT2D eigenvalue weighted by Gasteiger charge is -2.25. The molecule has 0 bridgehead atoms. The van der Waals surface area contributed by atoms with Crippen molar-refractivity contribution in [3.05, 3.63) is 59.7 Å². The normalized spacial score (nSPS) is 13.8. The molecule has 0 spiro atoms. The number of ether oxygens (including phenoxy) is 2. The Labute approximate surface area is 126 Å². The molecule has 0 radical (unpaired) electrons. The summed E-state index contributed by atoms with van der Waals surface area (Å²) in [7, 11) is 1.62. The second-order valence-corrected chi connectivity index (χ2v) is 5.50. The highest BCUT2D eigenvalue weighted by atomic mass is 16.5. The molecule has 1 unspecified atom stereocenters. The molecule has 112 valence electrons. The Morgan fingerprint density at radius 2 is 1.62 bits per heavy atom. The van der Waals surface area contributed by atoms with E-state index in [-0.39, 0.29) is 6.10 Å². The number of hydrogen-bond donors (Lipinski definition) is 1. The first kappa shape index (κ1) is 15.4. The first-order chi connectivity index (χ1) is 9.93. The molecular formula is C18H22O3. The van der Waals surface area contributed by atoms with E-state index in [9.17, 15) is 5.11 Å². The van der Waals surface area contributed by atoms with Crippen LogP contribution in [0.1, 0.15) is 31.9 Å². The van der Waals surface area contributed by atoms with Gasteiger partial charge in [-0.2, -0.15) is 0 Å². The van der Waals surface area contributed by atoms with E-state index in [0.717, 1.165) is 22.6 Å². The van der Waals surface area contributed by atoms with E-state index in [1.807, 2.05) is 62.4 Å². The lowest BCUT2D eigenvalue weighted by molar-refractivity contribution is 0.102. The predicted octanol–water partition coefficient (Wildman–Crippen LogP) is 3.74. The molecule has 2 rings (SSSR count). The van der Waals surface area contributed by atoms with Crippen LogP contribution >= 0.6 is 0 Å². The number of benzene rings is 2. The number of rotatable bonds is 5. The molecule has 0 aliphatic carbocycles. The molecule has 0 saturated carbocycles. The van der Waals surface area contributed by atoms with Crippen LogP contribution in [0, 0.1) is 0 Å². The van der Waals surface area contributed by atoms with Crippen LogP contribution in [0.3, 0.4) is 0 Å². The first-order valence-corrected chi connectivity index (χ1v) is 7.07. The molecule has 0 saturated heterocycles. The number of hydrogen-bond acceptors (Lipinski definition) is 3. The molecule has 0 amide bonds. The van der Waals surface area contributed by atoms with Crippen molar-refractivity contribution in [2.24, 2.45) is 0 Å². The van der Waals surface area contributed by atoms with Crippen LogP contribution in [0.25, 0.3) is 0 Å². The molecule has 0 aliphatic rings. The maximum absolute atomic E-state index is 10.9.